The van der Waals surface area contributed by atoms with Gasteiger partial charge < -0.3 is 9.47 Å². The predicted molar refractivity (Wildman–Crippen MR) is 101 cm³/mol. The van der Waals surface area contributed by atoms with E-state index in [1.54, 1.807) is 13.3 Å². The molecule has 25 heavy (non-hydrogen) atoms. The summed E-state index contributed by atoms with van der Waals surface area (Å²) in [5.74, 6) is 0.912. The number of rotatable bonds is 7. The molecule has 1 aromatic heterocycles. The zero-order valence-corrected chi connectivity index (χ0v) is 14.8. The fourth-order valence-electron chi connectivity index (χ4n) is 3.15. The van der Waals surface area contributed by atoms with Crippen molar-refractivity contribution in [3.63, 3.8) is 0 Å². The number of aromatic nitrogens is 1. The van der Waals surface area contributed by atoms with Gasteiger partial charge in [-0.05, 0) is 37.1 Å². The standard InChI is InChI=1S/C21H26N2O2/c1-24-21-11-3-2-8-19(21)9-5-13-23-14-6-10-20(16-23)25-17-18-7-4-12-22-15-18/h2-5,7-9,11-12,15,20H,6,10,13-14,16-17H2,1H3. The highest BCUT2D eigenvalue weighted by Crippen LogP contribution is 2.19. The average Bonchev–Trinajstić information content (AvgIpc) is 2.68. The Hall–Kier alpha value is -2.17. The average molecular weight is 338 g/mol. The van der Waals surface area contributed by atoms with Crippen molar-refractivity contribution in [3.05, 3.63) is 66.0 Å². The van der Waals surface area contributed by atoms with Crippen molar-refractivity contribution in [1.29, 1.82) is 0 Å². The molecule has 0 spiro atoms. The molecule has 1 saturated heterocycles. The summed E-state index contributed by atoms with van der Waals surface area (Å²) in [6.07, 6.45) is 10.6. The number of likely N-dealkylation sites (tertiary alicyclic amines) is 1. The van der Waals surface area contributed by atoms with E-state index in [9.17, 15) is 0 Å². The summed E-state index contributed by atoms with van der Waals surface area (Å²) in [6, 6.07) is 12.1. The third-order valence-corrected chi connectivity index (χ3v) is 4.47. The van der Waals surface area contributed by atoms with Crippen LogP contribution in [0.4, 0.5) is 0 Å². The van der Waals surface area contributed by atoms with Gasteiger partial charge in [0.1, 0.15) is 5.75 Å². The summed E-state index contributed by atoms with van der Waals surface area (Å²) in [6.45, 7) is 3.69. The highest BCUT2D eigenvalue weighted by Gasteiger charge is 2.19. The summed E-state index contributed by atoms with van der Waals surface area (Å²) in [7, 11) is 1.71. The van der Waals surface area contributed by atoms with Gasteiger partial charge in [0.15, 0.2) is 0 Å². The van der Waals surface area contributed by atoms with Crippen LogP contribution in [-0.4, -0.2) is 42.7 Å². The monoisotopic (exact) mass is 338 g/mol. The molecule has 1 aromatic carbocycles. The van der Waals surface area contributed by atoms with Crippen molar-refractivity contribution < 1.29 is 9.47 Å². The molecule has 0 N–H and O–H groups in total. The number of para-hydroxylation sites is 1. The minimum absolute atomic E-state index is 0.300. The van der Waals surface area contributed by atoms with Gasteiger partial charge in [0.2, 0.25) is 0 Å². The van der Waals surface area contributed by atoms with Crippen molar-refractivity contribution in [3.8, 4) is 5.75 Å². The first-order valence-electron chi connectivity index (χ1n) is 8.87. The lowest BCUT2D eigenvalue weighted by Crippen LogP contribution is -2.39. The molecule has 3 rings (SSSR count). The number of pyridine rings is 1. The quantitative estimate of drug-likeness (QED) is 0.769. The number of hydrogen-bond acceptors (Lipinski definition) is 4. The minimum atomic E-state index is 0.300. The molecule has 132 valence electrons. The van der Waals surface area contributed by atoms with E-state index in [4.69, 9.17) is 9.47 Å². The number of ether oxygens (including phenoxy) is 2. The number of nitrogens with zero attached hydrogens (tertiary/aromatic N) is 2. The molecule has 1 atom stereocenters. The molecule has 0 saturated carbocycles. The second-order valence-electron chi connectivity index (χ2n) is 6.34. The number of methoxy groups -OCH3 is 1. The Kier molecular flexibility index (Phi) is 6.60. The van der Waals surface area contributed by atoms with Crippen LogP contribution in [0.5, 0.6) is 5.75 Å². The Morgan fingerprint density at radius 3 is 3.00 bits per heavy atom. The maximum absolute atomic E-state index is 6.07. The van der Waals surface area contributed by atoms with Crippen LogP contribution >= 0.6 is 0 Å². The molecule has 1 aliphatic rings. The molecule has 0 aliphatic carbocycles. The normalized spacial score (nSPS) is 18.5. The van der Waals surface area contributed by atoms with Gasteiger partial charge in [0.25, 0.3) is 0 Å². The molecule has 1 aliphatic heterocycles. The third-order valence-electron chi connectivity index (χ3n) is 4.47. The van der Waals surface area contributed by atoms with E-state index in [1.807, 2.05) is 30.5 Å². The first-order valence-corrected chi connectivity index (χ1v) is 8.87. The lowest BCUT2D eigenvalue weighted by molar-refractivity contribution is -0.00716. The Morgan fingerprint density at radius 2 is 2.16 bits per heavy atom. The first kappa shape index (κ1) is 17.6. The van der Waals surface area contributed by atoms with E-state index in [-0.39, 0.29) is 0 Å². The van der Waals surface area contributed by atoms with Crippen molar-refractivity contribution >= 4 is 6.08 Å². The molecule has 1 unspecified atom stereocenters. The molecule has 0 radical (unpaired) electrons. The molecular formula is C21H26N2O2. The van der Waals surface area contributed by atoms with E-state index in [2.05, 4.69) is 34.2 Å². The van der Waals surface area contributed by atoms with Crippen LogP contribution in [0.3, 0.4) is 0 Å². The maximum atomic E-state index is 6.07. The Morgan fingerprint density at radius 1 is 1.24 bits per heavy atom. The lowest BCUT2D eigenvalue weighted by atomic mass is 10.1. The van der Waals surface area contributed by atoms with Crippen LogP contribution in [0.25, 0.3) is 6.08 Å². The van der Waals surface area contributed by atoms with E-state index >= 15 is 0 Å². The second kappa shape index (κ2) is 9.35. The third kappa shape index (κ3) is 5.41. The van der Waals surface area contributed by atoms with Gasteiger partial charge in [0, 0.05) is 31.0 Å². The molecule has 4 heteroatoms. The van der Waals surface area contributed by atoms with E-state index in [0.29, 0.717) is 12.7 Å². The van der Waals surface area contributed by atoms with Crippen LogP contribution < -0.4 is 4.74 Å². The van der Waals surface area contributed by atoms with Gasteiger partial charge in [-0.15, -0.1) is 0 Å². The van der Waals surface area contributed by atoms with Crippen molar-refractivity contribution in [2.45, 2.75) is 25.6 Å². The molecule has 2 heterocycles. The fraction of sp³-hybridized carbons (Fsp3) is 0.381. The summed E-state index contributed by atoms with van der Waals surface area (Å²) in [5, 5.41) is 0. The van der Waals surface area contributed by atoms with Gasteiger partial charge in [-0.1, -0.05) is 36.4 Å². The summed E-state index contributed by atoms with van der Waals surface area (Å²) < 4.78 is 11.5. The fourth-order valence-corrected chi connectivity index (χ4v) is 3.15. The smallest absolute Gasteiger partial charge is 0.126 e. The van der Waals surface area contributed by atoms with Gasteiger partial charge in [0.05, 0.1) is 19.8 Å². The van der Waals surface area contributed by atoms with Crippen LogP contribution in [-0.2, 0) is 11.3 Å². The van der Waals surface area contributed by atoms with Crippen molar-refractivity contribution in [2.75, 3.05) is 26.7 Å². The van der Waals surface area contributed by atoms with Crippen molar-refractivity contribution in [2.24, 2.45) is 0 Å². The van der Waals surface area contributed by atoms with Gasteiger partial charge in [-0.2, -0.15) is 0 Å². The predicted octanol–water partition coefficient (Wildman–Crippen LogP) is 3.78. The van der Waals surface area contributed by atoms with Crippen LogP contribution in [0.1, 0.15) is 24.0 Å². The minimum Gasteiger partial charge on any atom is -0.496 e. The molecule has 0 amide bonds. The molecule has 2 aromatic rings. The van der Waals surface area contributed by atoms with Crippen LogP contribution in [0, 0.1) is 0 Å². The SMILES string of the molecule is COc1ccccc1C=CCN1CCCC(OCc2cccnc2)C1. The first-order chi connectivity index (χ1) is 12.3. The number of benzene rings is 1. The van der Waals surface area contributed by atoms with Crippen LogP contribution in [0.2, 0.25) is 0 Å². The molecule has 4 nitrogen and oxygen atoms in total. The molecular weight excluding hydrogens is 312 g/mol. The summed E-state index contributed by atoms with van der Waals surface area (Å²) in [4.78, 5) is 6.58. The highest BCUT2D eigenvalue weighted by molar-refractivity contribution is 5.57. The topological polar surface area (TPSA) is 34.6 Å². The van der Waals surface area contributed by atoms with Gasteiger partial charge in [-0.3, -0.25) is 9.88 Å². The van der Waals surface area contributed by atoms with Gasteiger partial charge in [-0.25, -0.2) is 0 Å². The molecule has 1 fully saturated rings. The van der Waals surface area contributed by atoms with Crippen LogP contribution in [0.15, 0.2) is 54.9 Å². The second-order valence-corrected chi connectivity index (χ2v) is 6.34. The number of piperidine rings is 1. The maximum Gasteiger partial charge on any atom is 0.126 e. The Bertz CT molecular complexity index is 673. The zero-order valence-electron chi connectivity index (χ0n) is 14.8. The largest absolute Gasteiger partial charge is 0.496 e. The summed E-state index contributed by atoms with van der Waals surface area (Å²) >= 11 is 0. The van der Waals surface area contributed by atoms with E-state index < -0.39 is 0 Å². The van der Waals surface area contributed by atoms with Crippen molar-refractivity contribution in [1.82, 2.24) is 9.88 Å². The van der Waals surface area contributed by atoms with E-state index in [0.717, 1.165) is 42.9 Å². The highest BCUT2D eigenvalue weighted by atomic mass is 16.5. The molecule has 0 bridgehead atoms. The van der Waals surface area contributed by atoms with Gasteiger partial charge >= 0.3 is 0 Å². The lowest BCUT2D eigenvalue weighted by Gasteiger charge is -2.31. The van der Waals surface area contributed by atoms with E-state index in [1.165, 1.54) is 6.42 Å². The Balaban J connectivity index is 1.47. The Labute approximate surface area is 150 Å². The zero-order chi connectivity index (χ0) is 17.3. The summed E-state index contributed by atoms with van der Waals surface area (Å²) in [5.41, 5.74) is 2.25. The number of hydrogen-bond donors (Lipinski definition) is 0.